The van der Waals surface area contributed by atoms with E-state index in [0.717, 1.165) is 16.7 Å². The quantitative estimate of drug-likeness (QED) is 0.843. The van der Waals surface area contributed by atoms with Crippen LogP contribution in [0.2, 0.25) is 0 Å². The Morgan fingerprint density at radius 1 is 1.14 bits per heavy atom. The van der Waals surface area contributed by atoms with Crippen molar-refractivity contribution in [1.29, 1.82) is 0 Å². The van der Waals surface area contributed by atoms with Crippen molar-refractivity contribution in [2.45, 2.75) is 26.3 Å². The summed E-state index contributed by atoms with van der Waals surface area (Å²) in [5.74, 6) is 0.215. The van der Waals surface area contributed by atoms with Crippen molar-refractivity contribution in [2.24, 2.45) is 0 Å². The van der Waals surface area contributed by atoms with Crippen LogP contribution < -0.4 is 5.32 Å². The summed E-state index contributed by atoms with van der Waals surface area (Å²) >= 11 is 6.13. The number of carbonyl (C=O) groups excluding carboxylic acids is 1. The minimum atomic E-state index is -0.586. The average molecular weight is 302 g/mol. The Morgan fingerprint density at radius 3 is 2.38 bits per heavy atom. The van der Waals surface area contributed by atoms with Crippen LogP contribution in [0.4, 0.5) is 0 Å². The molecule has 0 aliphatic heterocycles. The highest BCUT2D eigenvalue weighted by Crippen LogP contribution is 2.23. The first-order valence-electron chi connectivity index (χ1n) is 6.97. The summed E-state index contributed by atoms with van der Waals surface area (Å²) in [6.45, 7) is 5.90. The number of nitrogens with one attached hydrogen (secondary N) is 1. The van der Waals surface area contributed by atoms with Crippen molar-refractivity contribution < 1.29 is 4.79 Å². The molecule has 2 nitrogen and oxygen atoms in total. The number of rotatable bonds is 4. The van der Waals surface area contributed by atoms with E-state index in [1.807, 2.05) is 69.3 Å². The molecule has 3 heteroatoms. The van der Waals surface area contributed by atoms with E-state index in [2.05, 4.69) is 5.32 Å². The lowest BCUT2D eigenvalue weighted by molar-refractivity contribution is 0.0912. The molecule has 0 saturated heterocycles. The fraction of sp³-hybridized carbons (Fsp3) is 0.278. The Bertz CT molecular complexity index is 639. The van der Waals surface area contributed by atoms with Gasteiger partial charge in [-0.05, 0) is 38.0 Å². The van der Waals surface area contributed by atoms with Crippen molar-refractivity contribution in [2.75, 3.05) is 5.88 Å². The van der Waals surface area contributed by atoms with Gasteiger partial charge in [0.15, 0.2) is 0 Å². The predicted octanol–water partition coefficient (Wildman–Crippen LogP) is 4.19. The van der Waals surface area contributed by atoms with Crippen LogP contribution in [0.5, 0.6) is 0 Å². The van der Waals surface area contributed by atoms with Crippen LogP contribution in [-0.4, -0.2) is 11.8 Å². The van der Waals surface area contributed by atoms with Gasteiger partial charge in [-0.2, -0.15) is 0 Å². The second-order valence-corrected chi connectivity index (χ2v) is 5.87. The van der Waals surface area contributed by atoms with E-state index in [9.17, 15) is 4.79 Å². The summed E-state index contributed by atoms with van der Waals surface area (Å²) < 4.78 is 0. The van der Waals surface area contributed by atoms with Crippen LogP contribution in [-0.2, 0) is 5.54 Å². The zero-order chi connectivity index (χ0) is 15.5. The standard InChI is InChI=1S/C18H20ClNO/c1-13-9-10-16(14(2)11-13)17(21)20-18(3,12-19)15-7-5-4-6-8-15/h4-11H,12H2,1-3H3,(H,20,21). The number of hydrogen-bond acceptors (Lipinski definition) is 1. The van der Waals surface area contributed by atoms with Crippen molar-refractivity contribution >= 4 is 17.5 Å². The van der Waals surface area contributed by atoms with E-state index in [-0.39, 0.29) is 5.91 Å². The molecule has 0 aromatic heterocycles. The van der Waals surface area contributed by atoms with Crippen LogP contribution in [0.3, 0.4) is 0 Å². The molecule has 2 aromatic carbocycles. The second kappa shape index (κ2) is 6.31. The zero-order valence-electron chi connectivity index (χ0n) is 12.6. The van der Waals surface area contributed by atoms with E-state index in [0.29, 0.717) is 11.4 Å². The number of aryl methyl sites for hydroxylation is 2. The molecule has 1 unspecified atom stereocenters. The van der Waals surface area contributed by atoms with Crippen molar-refractivity contribution in [3.8, 4) is 0 Å². The minimum Gasteiger partial charge on any atom is -0.342 e. The highest BCUT2D eigenvalue weighted by atomic mass is 35.5. The predicted molar refractivity (Wildman–Crippen MR) is 87.9 cm³/mol. The van der Waals surface area contributed by atoms with Gasteiger partial charge in [-0.25, -0.2) is 0 Å². The van der Waals surface area contributed by atoms with Gasteiger partial charge in [0.25, 0.3) is 5.91 Å². The Hall–Kier alpha value is -1.80. The van der Waals surface area contributed by atoms with Crippen molar-refractivity contribution in [1.82, 2.24) is 5.32 Å². The minimum absolute atomic E-state index is 0.0977. The van der Waals surface area contributed by atoms with Crippen LogP contribution in [0, 0.1) is 13.8 Å². The summed E-state index contributed by atoms with van der Waals surface area (Å²) in [7, 11) is 0. The molecule has 2 aromatic rings. The molecule has 0 aliphatic rings. The SMILES string of the molecule is Cc1ccc(C(=O)NC(C)(CCl)c2ccccc2)c(C)c1. The molecule has 110 valence electrons. The van der Waals surface area contributed by atoms with E-state index in [1.54, 1.807) is 0 Å². The van der Waals surface area contributed by atoms with Gasteiger partial charge in [0.05, 0.1) is 5.54 Å². The maximum absolute atomic E-state index is 12.6. The maximum Gasteiger partial charge on any atom is 0.252 e. The van der Waals surface area contributed by atoms with Gasteiger partial charge in [0.1, 0.15) is 0 Å². The third-order valence-corrected chi connectivity index (χ3v) is 4.23. The molecule has 1 amide bonds. The normalized spacial score (nSPS) is 13.5. The molecule has 0 radical (unpaired) electrons. The molecule has 0 heterocycles. The number of alkyl halides is 1. The summed E-state index contributed by atoms with van der Waals surface area (Å²) in [6, 6.07) is 15.6. The maximum atomic E-state index is 12.6. The Labute approximate surface area is 131 Å². The summed E-state index contributed by atoms with van der Waals surface area (Å²) in [4.78, 5) is 12.6. The molecular formula is C18H20ClNO. The topological polar surface area (TPSA) is 29.1 Å². The molecule has 2 rings (SSSR count). The fourth-order valence-electron chi connectivity index (χ4n) is 2.38. The lowest BCUT2D eigenvalue weighted by atomic mass is 9.93. The van der Waals surface area contributed by atoms with Crippen molar-refractivity contribution in [3.63, 3.8) is 0 Å². The highest BCUT2D eigenvalue weighted by molar-refractivity contribution is 6.19. The first kappa shape index (κ1) is 15.6. The Balaban J connectivity index is 2.28. The monoisotopic (exact) mass is 301 g/mol. The average Bonchev–Trinajstić information content (AvgIpc) is 2.47. The Morgan fingerprint density at radius 2 is 1.81 bits per heavy atom. The van der Waals surface area contributed by atoms with Gasteiger partial charge < -0.3 is 5.32 Å². The number of amides is 1. The third-order valence-electron chi connectivity index (χ3n) is 3.69. The molecule has 1 N–H and O–H groups in total. The van der Waals surface area contributed by atoms with Crippen LogP contribution in [0.1, 0.15) is 34.0 Å². The van der Waals surface area contributed by atoms with Gasteiger partial charge >= 0.3 is 0 Å². The molecular weight excluding hydrogens is 282 g/mol. The lowest BCUT2D eigenvalue weighted by Crippen LogP contribution is -2.45. The molecule has 0 spiro atoms. The van der Waals surface area contributed by atoms with Gasteiger partial charge in [-0.1, -0.05) is 48.0 Å². The number of hydrogen-bond donors (Lipinski definition) is 1. The summed E-state index contributed by atoms with van der Waals surface area (Å²) in [6.07, 6.45) is 0. The van der Waals surface area contributed by atoms with Gasteiger partial charge in [-0.3, -0.25) is 4.79 Å². The molecule has 0 aliphatic carbocycles. The van der Waals surface area contributed by atoms with Gasteiger partial charge in [0.2, 0.25) is 0 Å². The van der Waals surface area contributed by atoms with E-state index in [1.165, 1.54) is 0 Å². The second-order valence-electron chi connectivity index (χ2n) is 5.60. The first-order chi connectivity index (χ1) is 9.96. The molecule has 1 atom stereocenters. The zero-order valence-corrected chi connectivity index (χ0v) is 13.4. The van der Waals surface area contributed by atoms with E-state index < -0.39 is 5.54 Å². The number of halogens is 1. The number of benzene rings is 2. The molecule has 0 fully saturated rings. The lowest BCUT2D eigenvalue weighted by Gasteiger charge is -2.29. The van der Waals surface area contributed by atoms with Crippen LogP contribution >= 0.6 is 11.6 Å². The van der Waals surface area contributed by atoms with E-state index in [4.69, 9.17) is 11.6 Å². The van der Waals surface area contributed by atoms with Crippen LogP contribution in [0.25, 0.3) is 0 Å². The molecule has 21 heavy (non-hydrogen) atoms. The fourth-order valence-corrected chi connectivity index (χ4v) is 2.60. The van der Waals surface area contributed by atoms with Crippen LogP contribution in [0.15, 0.2) is 48.5 Å². The van der Waals surface area contributed by atoms with Gasteiger partial charge in [0, 0.05) is 11.4 Å². The summed E-state index contributed by atoms with van der Waals surface area (Å²) in [5.41, 5.74) is 3.22. The van der Waals surface area contributed by atoms with Gasteiger partial charge in [-0.15, -0.1) is 11.6 Å². The van der Waals surface area contributed by atoms with Crippen molar-refractivity contribution in [3.05, 3.63) is 70.8 Å². The summed E-state index contributed by atoms with van der Waals surface area (Å²) in [5, 5.41) is 3.07. The van der Waals surface area contributed by atoms with E-state index >= 15 is 0 Å². The third kappa shape index (κ3) is 3.45. The number of carbonyl (C=O) groups is 1. The first-order valence-corrected chi connectivity index (χ1v) is 7.51. The largest absolute Gasteiger partial charge is 0.342 e. The molecule has 0 bridgehead atoms. The smallest absolute Gasteiger partial charge is 0.252 e. The molecule has 0 saturated carbocycles. The highest BCUT2D eigenvalue weighted by Gasteiger charge is 2.28. The Kier molecular flexibility index (Phi) is 4.69.